The van der Waals surface area contributed by atoms with Crippen molar-refractivity contribution in [3.63, 3.8) is 0 Å². The van der Waals surface area contributed by atoms with Crippen LogP contribution in [0.5, 0.6) is 11.5 Å². The average Bonchev–Trinajstić information content (AvgIpc) is 3.07. The van der Waals surface area contributed by atoms with E-state index in [-0.39, 0.29) is 12.8 Å². The lowest BCUT2D eigenvalue weighted by molar-refractivity contribution is 0.00737. The van der Waals surface area contributed by atoms with Gasteiger partial charge in [-0.05, 0) is 57.0 Å². The molecule has 0 N–H and O–H groups in total. The van der Waals surface area contributed by atoms with Crippen molar-refractivity contribution in [2.45, 2.75) is 38.1 Å². The number of carbonyl (C=O) groups excluding carboxylic acids is 1. The molecule has 3 aliphatic rings. The lowest BCUT2D eigenvalue weighted by Crippen LogP contribution is -2.49. The molecule has 1 aromatic carbocycles. The van der Waals surface area contributed by atoms with Gasteiger partial charge >= 0.3 is 5.97 Å². The molecule has 0 radical (unpaired) electrons. The monoisotopic (exact) mass is 317 g/mol. The van der Waals surface area contributed by atoms with Crippen LogP contribution in [0.2, 0.25) is 0 Å². The Morgan fingerprint density at radius 3 is 2.96 bits per heavy atom. The molecule has 23 heavy (non-hydrogen) atoms. The van der Waals surface area contributed by atoms with Crippen molar-refractivity contribution in [1.82, 2.24) is 4.90 Å². The fraction of sp³-hybridized carbons (Fsp3) is 0.611. The molecule has 0 aromatic heterocycles. The molecule has 3 aliphatic heterocycles. The number of nitrogens with zero attached hydrogens (tertiary/aromatic N) is 1. The molecular weight excluding hydrogens is 294 g/mol. The van der Waals surface area contributed by atoms with Gasteiger partial charge in [-0.15, -0.1) is 0 Å². The number of fused-ring (bicyclic) bond motifs is 2. The number of hydrogen-bond donors (Lipinski definition) is 0. The predicted molar refractivity (Wildman–Crippen MR) is 84.8 cm³/mol. The Hall–Kier alpha value is -1.75. The summed E-state index contributed by atoms with van der Waals surface area (Å²) in [7, 11) is 0. The zero-order chi connectivity index (χ0) is 15.6. The molecule has 3 heterocycles. The van der Waals surface area contributed by atoms with Crippen molar-refractivity contribution < 1.29 is 19.0 Å². The summed E-state index contributed by atoms with van der Waals surface area (Å²) in [4.78, 5) is 14.9. The quantitative estimate of drug-likeness (QED) is 0.802. The Morgan fingerprint density at radius 1 is 1.13 bits per heavy atom. The standard InChI is InChI=1S/C18H23NO4/c20-18(13-6-7-16-17(10-13)23-12-22-16)21-11-14-4-3-9-19-8-2-1-5-15(14)19/h6-7,10,14-15H,1-5,8-9,11-12H2/t14-,15?/m1/s1. The maximum absolute atomic E-state index is 12.3. The average molecular weight is 317 g/mol. The second-order valence-electron chi connectivity index (χ2n) is 6.67. The molecule has 2 saturated heterocycles. The molecule has 4 rings (SSSR count). The first-order chi connectivity index (χ1) is 11.3. The van der Waals surface area contributed by atoms with E-state index in [1.165, 1.54) is 38.8 Å². The molecule has 0 amide bonds. The molecule has 5 heteroatoms. The Kier molecular flexibility index (Phi) is 4.12. The number of ether oxygens (including phenoxy) is 3. The van der Waals surface area contributed by atoms with E-state index in [9.17, 15) is 4.79 Å². The number of hydrogen-bond acceptors (Lipinski definition) is 5. The van der Waals surface area contributed by atoms with Crippen LogP contribution in [0.4, 0.5) is 0 Å². The van der Waals surface area contributed by atoms with Crippen LogP contribution in [0, 0.1) is 5.92 Å². The maximum Gasteiger partial charge on any atom is 0.338 e. The molecule has 1 unspecified atom stereocenters. The van der Waals surface area contributed by atoms with Crippen molar-refractivity contribution in [2.75, 3.05) is 26.5 Å². The molecule has 2 atom stereocenters. The van der Waals surface area contributed by atoms with Crippen LogP contribution in [-0.2, 0) is 4.74 Å². The summed E-state index contributed by atoms with van der Waals surface area (Å²) in [5.74, 6) is 1.51. The third kappa shape index (κ3) is 3.02. The van der Waals surface area contributed by atoms with Crippen LogP contribution in [0.1, 0.15) is 42.5 Å². The molecule has 0 spiro atoms. The third-order valence-electron chi connectivity index (χ3n) is 5.27. The van der Waals surface area contributed by atoms with E-state index in [1.807, 2.05) is 0 Å². The Balaban J connectivity index is 1.37. The van der Waals surface area contributed by atoms with Gasteiger partial charge in [0.15, 0.2) is 11.5 Å². The van der Waals surface area contributed by atoms with Crippen molar-refractivity contribution in [1.29, 1.82) is 0 Å². The molecule has 0 aliphatic carbocycles. The van der Waals surface area contributed by atoms with Crippen LogP contribution >= 0.6 is 0 Å². The summed E-state index contributed by atoms with van der Waals surface area (Å²) < 4.78 is 16.2. The normalized spacial score (nSPS) is 26.6. The van der Waals surface area contributed by atoms with Gasteiger partial charge in [-0.1, -0.05) is 6.42 Å². The van der Waals surface area contributed by atoms with Crippen molar-refractivity contribution >= 4 is 5.97 Å². The number of carbonyl (C=O) groups is 1. The topological polar surface area (TPSA) is 48.0 Å². The highest BCUT2D eigenvalue weighted by Gasteiger charge is 2.33. The van der Waals surface area contributed by atoms with Gasteiger partial charge in [-0.2, -0.15) is 0 Å². The Bertz CT molecular complexity index is 586. The van der Waals surface area contributed by atoms with Gasteiger partial charge in [0.1, 0.15) is 0 Å². The number of esters is 1. The fourth-order valence-corrected chi connectivity index (χ4v) is 4.06. The van der Waals surface area contributed by atoms with E-state index in [2.05, 4.69) is 4.90 Å². The molecular formula is C18H23NO4. The van der Waals surface area contributed by atoms with E-state index in [4.69, 9.17) is 14.2 Å². The van der Waals surface area contributed by atoms with Crippen LogP contribution < -0.4 is 9.47 Å². The summed E-state index contributed by atoms with van der Waals surface area (Å²) >= 11 is 0. The Morgan fingerprint density at radius 2 is 2.00 bits per heavy atom. The van der Waals surface area contributed by atoms with Crippen molar-refractivity contribution in [3.8, 4) is 11.5 Å². The van der Waals surface area contributed by atoms with Gasteiger partial charge < -0.3 is 14.2 Å². The highest BCUT2D eigenvalue weighted by Crippen LogP contribution is 2.33. The van der Waals surface area contributed by atoms with Gasteiger partial charge in [-0.3, -0.25) is 4.90 Å². The predicted octanol–water partition coefficient (Wildman–Crippen LogP) is 2.84. The molecule has 5 nitrogen and oxygen atoms in total. The lowest BCUT2D eigenvalue weighted by Gasteiger charge is -2.44. The Labute approximate surface area is 136 Å². The SMILES string of the molecule is O=C(OC[C@H]1CCCN2CCCCC12)c1ccc2c(c1)OCO2. The minimum Gasteiger partial charge on any atom is -0.462 e. The zero-order valence-electron chi connectivity index (χ0n) is 13.3. The summed E-state index contributed by atoms with van der Waals surface area (Å²) in [5, 5.41) is 0. The first-order valence-corrected chi connectivity index (χ1v) is 8.62. The minimum atomic E-state index is -0.267. The molecule has 124 valence electrons. The summed E-state index contributed by atoms with van der Waals surface area (Å²) in [6, 6.07) is 5.81. The second-order valence-corrected chi connectivity index (χ2v) is 6.67. The summed E-state index contributed by atoms with van der Waals surface area (Å²) in [5.41, 5.74) is 0.533. The maximum atomic E-state index is 12.3. The van der Waals surface area contributed by atoms with E-state index < -0.39 is 0 Å². The van der Waals surface area contributed by atoms with Crippen LogP contribution in [-0.4, -0.2) is 43.4 Å². The first kappa shape index (κ1) is 14.8. The number of benzene rings is 1. The molecule has 1 aromatic rings. The lowest BCUT2D eigenvalue weighted by atomic mass is 9.84. The van der Waals surface area contributed by atoms with E-state index >= 15 is 0 Å². The highest BCUT2D eigenvalue weighted by atomic mass is 16.7. The van der Waals surface area contributed by atoms with Crippen molar-refractivity contribution in [2.24, 2.45) is 5.92 Å². The number of rotatable bonds is 3. The van der Waals surface area contributed by atoms with E-state index in [1.54, 1.807) is 18.2 Å². The van der Waals surface area contributed by atoms with Crippen LogP contribution in [0.25, 0.3) is 0 Å². The first-order valence-electron chi connectivity index (χ1n) is 8.62. The smallest absolute Gasteiger partial charge is 0.338 e. The largest absolute Gasteiger partial charge is 0.462 e. The summed E-state index contributed by atoms with van der Waals surface area (Å²) in [6.07, 6.45) is 6.22. The fourth-order valence-electron chi connectivity index (χ4n) is 4.06. The third-order valence-corrected chi connectivity index (χ3v) is 5.27. The van der Waals surface area contributed by atoms with Crippen LogP contribution in [0.15, 0.2) is 18.2 Å². The van der Waals surface area contributed by atoms with E-state index in [0.29, 0.717) is 35.6 Å². The van der Waals surface area contributed by atoms with Gasteiger partial charge in [0.2, 0.25) is 6.79 Å². The second kappa shape index (κ2) is 6.40. The van der Waals surface area contributed by atoms with Gasteiger partial charge in [0, 0.05) is 12.0 Å². The molecule has 0 bridgehead atoms. The van der Waals surface area contributed by atoms with Gasteiger partial charge in [0.05, 0.1) is 12.2 Å². The molecule has 0 saturated carbocycles. The van der Waals surface area contributed by atoms with Crippen LogP contribution in [0.3, 0.4) is 0 Å². The molecule has 2 fully saturated rings. The minimum absolute atomic E-state index is 0.216. The van der Waals surface area contributed by atoms with Crippen molar-refractivity contribution in [3.05, 3.63) is 23.8 Å². The zero-order valence-corrected chi connectivity index (χ0v) is 13.3. The highest BCUT2D eigenvalue weighted by molar-refractivity contribution is 5.90. The van der Waals surface area contributed by atoms with Gasteiger partial charge in [-0.25, -0.2) is 4.79 Å². The van der Waals surface area contributed by atoms with E-state index in [0.717, 1.165) is 6.42 Å². The summed E-state index contributed by atoms with van der Waals surface area (Å²) in [6.45, 7) is 3.15. The number of piperidine rings is 2. The van der Waals surface area contributed by atoms with Gasteiger partial charge in [0.25, 0.3) is 0 Å².